The van der Waals surface area contributed by atoms with Crippen LogP contribution in [0.5, 0.6) is 0 Å². The Hall–Kier alpha value is -0.570. The lowest BCUT2D eigenvalue weighted by Crippen LogP contribution is -2.15. The van der Waals surface area contributed by atoms with Crippen molar-refractivity contribution >= 4 is 11.6 Å². The summed E-state index contributed by atoms with van der Waals surface area (Å²) in [6.07, 6.45) is 0.686. The highest BCUT2D eigenvalue weighted by molar-refractivity contribution is 6.30. The number of aliphatic hydroxyl groups is 1. The van der Waals surface area contributed by atoms with Crippen molar-refractivity contribution in [1.29, 1.82) is 0 Å². The van der Waals surface area contributed by atoms with Gasteiger partial charge in [0.25, 0.3) is 0 Å². The minimum absolute atomic E-state index is 0.344. The Morgan fingerprint density at radius 2 is 2.07 bits per heavy atom. The smallest absolute Gasteiger partial charge is 0.0830 e. The summed E-state index contributed by atoms with van der Waals surface area (Å²) in [5.74, 6) is 0.344. The normalized spacial score (nSPS) is 23.7. The second-order valence-corrected chi connectivity index (χ2v) is 4.19. The van der Waals surface area contributed by atoms with Crippen LogP contribution in [-0.4, -0.2) is 18.2 Å². The fourth-order valence-corrected chi connectivity index (χ4v) is 2.00. The maximum absolute atomic E-state index is 10.0. The molecule has 2 atom stereocenters. The van der Waals surface area contributed by atoms with E-state index in [1.165, 1.54) is 0 Å². The first-order valence-corrected chi connectivity index (χ1v) is 5.29. The van der Waals surface area contributed by atoms with Gasteiger partial charge in [-0.3, -0.25) is 0 Å². The Morgan fingerprint density at radius 3 is 2.64 bits per heavy atom. The van der Waals surface area contributed by atoms with Crippen molar-refractivity contribution in [1.82, 2.24) is 5.32 Å². The molecule has 3 heteroatoms. The van der Waals surface area contributed by atoms with Crippen molar-refractivity contribution in [3.05, 3.63) is 34.9 Å². The van der Waals surface area contributed by atoms with E-state index in [1.54, 1.807) is 0 Å². The van der Waals surface area contributed by atoms with E-state index in [9.17, 15) is 5.11 Å². The highest BCUT2D eigenvalue weighted by Gasteiger charge is 2.23. The molecule has 0 saturated carbocycles. The van der Waals surface area contributed by atoms with Gasteiger partial charge < -0.3 is 10.4 Å². The van der Waals surface area contributed by atoms with Crippen molar-refractivity contribution in [2.45, 2.75) is 12.5 Å². The van der Waals surface area contributed by atoms with Gasteiger partial charge in [-0.05, 0) is 30.7 Å². The zero-order valence-corrected chi connectivity index (χ0v) is 8.67. The molecular formula is C11H14ClNO. The lowest BCUT2D eigenvalue weighted by molar-refractivity contribution is 0.118. The number of hydrogen-bond acceptors (Lipinski definition) is 2. The minimum Gasteiger partial charge on any atom is -0.388 e. The van der Waals surface area contributed by atoms with Crippen LogP contribution in [0.2, 0.25) is 5.02 Å². The standard InChI is InChI=1S/C11H14ClNO/c12-10-3-1-8(2-4-10)11(14)9-5-6-13-7-9/h1-4,9,11,13-14H,5-7H2. The van der Waals surface area contributed by atoms with Crippen LogP contribution in [-0.2, 0) is 0 Å². The summed E-state index contributed by atoms with van der Waals surface area (Å²) in [5, 5.41) is 14.0. The number of aliphatic hydroxyl groups excluding tert-OH is 1. The summed E-state index contributed by atoms with van der Waals surface area (Å²) in [5.41, 5.74) is 0.961. The molecule has 76 valence electrons. The van der Waals surface area contributed by atoms with Crippen LogP contribution in [0.15, 0.2) is 24.3 Å². The molecule has 2 N–H and O–H groups in total. The number of nitrogens with one attached hydrogen (secondary N) is 1. The molecule has 0 aromatic heterocycles. The van der Waals surface area contributed by atoms with E-state index in [4.69, 9.17) is 11.6 Å². The quantitative estimate of drug-likeness (QED) is 0.784. The Morgan fingerprint density at radius 1 is 1.36 bits per heavy atom. The topological polar surface area (TPSA) is 32.3 Å². The van der Waals surface area contributed by atoms with Crippen LogP contribution in [0.4, 0.5) is 0 Å². The Bertz CT molecular complexity index is 293. The average molecular weight is 212 g/mol. The number of hydrogen-bond donors (Lipinski definition) is 2. The summed E-state index contributed by atoms with van der Waals surface area (Å²) in [7, 11) is 0. The molecule has 0 bridgehead atoms. The molecule has 1 heterocycles. The van der Waals surface area contributed by atoms with Crippen LogP contribution < -0.4 is 5.32 Å². The van der Waals surface area contributed by atoms with E-state index >= 15 is 0 Å². The fourth-order valence-electron chi connectivity index (χ4n) is 1.88. The van der Waals surface area contributed by atoms with Gasteiger partial charge in [-0.15, -0.1) is 0 Å². The molecule has 1 aromatic carbocycles. The second kappa shape index (κ2) is 4.30. The molecular weight excluding hydrogens is 198 g/mol. The Labute approximate surface area is 88.9 Å². The molecule has 2 nitrogen and oxygen atoms in total. The molecule has 1 fully saturated rings. The first-order valence-electron chi connectivity index (χ1n) is 4.91. The summed E-state index contributed by atoms with van der Waals surface area (Å²) in [6, 6.07) is 7.43. The lowest BCUT2D eigenvalue weighted by atomic mass is 9.95. The second-order valence-electron chi connectivity index (χ2n) is 3.75. The third-order valence-corrected chi connectivity index (χ3v) is 3.01. The molecule has 0 spiro atoms. The first kappa shape index (κ1) is 9.97. The molecule has 1 aliphatic rings. The molecule has 1 aromatic rings. The number of halogens is 1. The van der Waals surface area contributed by atoms with Gasteiger partial charge in [-0.1, -0.05) is 23.7 Å². The van der Waals surface area contributed by atoms with Gasteiger partial charge in [0.15, 0.2) is 0 Å². The van der Waals surface area contributed by atoms with E-state index in [0.29, 0.717) is 10.9 Å². The average Bonchev–Trinajstić information content (AvgIpc) is 2.71. The summed E-state index contributed by atoms with van der Waals surface area (Å²) >= 11 is 5.78. The predicted octanol–water partition coefficient (Wildman–Crippen LogP) is 1.98. The third kappa shape index (κ3) is 2.08. The number of rotatable bonds is 2. The zero-order valence-electron chi connectivity index (χ0n) is 7.91. The van der Waals surface area contributed by atoms with E-state index in [0.717, 1.165) is 25.1 Å². The van der Waals surface area contributed by atoms with Gasteiger partial charge in [0.2, 0.25) is 0 Å². The summed E-state index contributed by atoms with van der Waals surface area (Å²) in [6.45, 7) is 1.92. The monoisotopic (exact) mass is 211 g/mol. The van der Waals surface area contributed by atoms with Crippen LogP contribution in [0, 0.1) is 5.92 Å². The van der Waals surface area contributed by atoms with Crippen LogP contribution >= 0.6 is 11.6 Å². The summed E-state index contributed by atoms with van der Waals surface area (Å²) in [4.78, 5) is 0. The van der Waals surface area contributed by atoms with Crippen LogP contribution in [0.3, 0.4) is 0 Å². The van der Waals surface area contributed by atoms with Crippen molar-refractivity contribution in [3.63, 3.8) is 0 Å². The fraction of sp³-hybridized carbons (Fsp3) is 0.455. The first-order chi connectivity index (χ1) is 6.77. The van der Waals surface area contributed by atoms with Crippen molar-refractivity contribution in [2.75, 3.05) is 13.1 Å². The molecule has 2 rings (SSSR count). The highest BCUT2D eigenvalue weighted by Crippen LogP contribution is 2.27. The maximum atomic E-state index is 10.0. The number of benzene rings is 1. The molecule has 1 saturated heterocycles. The molecule has 0 amide bonds. The zero-order chi connectivity index (χ0) is 9.97. The van der Waals surface area contributed by atoms with Crippen LogP contribution in [0.25, 0.3) is 0 Å². The largest absolute Gasteiger partial charge is 0.388 e. The lowest BCUT2D eigenvalue weighted by Gasteiger charge is -2.17. The van der Waals surface area contributed by atoms with E-state index in [-0.39, 0.29) is 6.10 Å². The van der Waals surface area contributed by atoms with Gasteiger partial charge in [0, 0.05) is 17.5 Å². The van der Waals surface area contributed by atoms with Gasteiger partial charge in [0.1, 0.15) is 0 Å². The maximum Gasteiger partial charge on any atom is 0.0830 e. The van der Waals surface area contributed by atoms with Gasteiger partial charge in [0.05, 0.1) is 6.10 Å². The molecule has 2 unspecified atom stereocenters. The predicted molar refractivity (Wildman–Crippen MR) is 57.4 cm³/mol. The van der Waals surface area contributed by atoms with E-state index in [1.807, 2.05) is 24.3 Å². The molecule has 0 aliphatic carbocycles. The van der Waals surface area contributed by atoms with E-state index in [2.05, 4.69) is 5.32 Å². The van der Waals surface area contributed by atoms with Crippen molar-refractivity contribution in [2.24, 2.45) is 5.92 Å². The van der Waals surface area contributed by atoms with Gasteiger partial charge in [-0.2, -0.15) is 0 Å². The van der Waals surface area contributed by atoms with Crippen LogP contribution in [0.1, 0.15) is 18.1 Å². The SMILES string of the molecule is OC(c1ccc(Cl)cc1)C1CCNC1. The molecule has 14 heavy (non-hydrogen) atoms. The van der Waals surface area contributed by atoms with Crippen molar-refractivity contribution in [3.8, 4) is 0 Å². The third-order valence-electron chi connectivity index (χ3n) is 2.76. The minimum atomic E-state index is -0.359. The van der Waals surface area contributed by atoms with Gasteiger partial charge >= 0.3 is 0 Å². The Balaban J connectivity index is 2.09. The molecule has 0 radical (unpaired) electrons. The highest BCUT2D eigenvalue weighted by atomic mass is 35.5. The van der Waals surface area contributed by atoms with E-state index < -0.39 is 0 Å². The van der Waals surface area contributed by atoms with Crippen molar-refractivity contribution < 1.29 is 5.11 Å². The summed E-state index contributed by atoms with van der Waals surface area (Å²) < 4.78 is 0. The van der Waals surface area contributed by atoms with Gasteiger partial charge in [-0.25, -0.2) is 0 Å². The molecule has 1 aliphatic heterocycles. The Kier molecular flexibility index (Phi) is 3.06.